The van der Waals surface area contributed by atoms with Gasteiger partial charge in [0.25, 0.3) is 0 Å². The van der Waals surface area contributed by atoms with Gasteiger partial charge in [-0.2, -0.15) is 0 Å². The number of hydrogen-bond donors (Lipinski definition) is 1. The minimum absolute atomic E-state index is 0.103. The highest BCUT2D eigenvalue weighted by molar-refractivity contribution is 5.75. The van der Waals surface area contributed by atoms with E-state index in [1.54, 1.807) is 6.92 Å². The summed E-state index contributed by atoms with van der Waals surface area (Å²) in [6.07, 6.45) is 4.15. The highest BCUT2D eigenvalue weighted by atomic mass is 16.1. The molecule has 0 aliphatic rings. The summed E-state index contributed by atoms with van der Waals surface area (Å²) < 4.78 is 0. The van der Waals surface area contributed by atoms with E-state index in [9.17, 15) is 9.59 Å². The molecule has 0 spiro atoms. The van der Waals surface area contributed by atoms with E-state index in [1.165, 1.54) is 0 Å². The third-order valence-electron chi connectivity index (χ3n) is 1.85. The molecule has 0 saturated heterocycles. The summed E-state index contributed by atoms with van der Waals surface area (Å²) in [5.74, 6) is 0.351. The van der Waals surface area contributed by atoms with Crippen molar-refractivity contribution in [3.05, 3.63) is 0 Å². The summed E-state index contributed by atoms with van der Waals surface area (Å²) in [5, 5.41) is 2.80. The van der Waals surface area contributed by atoms with Crippen LogP contribution in [0.5, 0.6) is 0 Å². The molecule has 0 unspecified atom stereocenters. The molecule has 1 amide bonds. The summed E-state index contributed by atoms with van der Waals surface area (Å²) in [6.45, 7) is 12.2. The van der Waals surface area contributed by atoms with E-state index in [-0.39, 0.29) is 11.7 Å². The third kappa shape index (κ3) is 25.4. The molecule has 0 bridgehead atoms. The van der Waals surface area contributed by atoms with E-state index < -0.39 is 0 Å². The predicted molar refractivity (Wildman–Crippen MR) is 75.1 cm³/mol. The van der Waals surface area contributed by atoms with E-state index in [0.29, 0.717) is 12.8 Å². The fourth-order valence-electron chi connectivity index (χ4n) is 1.03. The van der Waals surface area contributed by atoms with Crippen LogP contribution in [0.2, 0.25) is 0 Å². The van der Waals surface area contributed by atoms with Crippen LogP contribution in [-0.2, 0) is 9.59 Å². The van der Waals surface area contributed by atoms with Gasteiger partial charge in [0.05, 0.1) is 0 Å². The van der Waals surface area contributed by atoms with Crippen molar-refractivity contribution in [1.29, 1.82) is 0 Å². The molecule has 3 nitrogen and oxygen atoms in total. The summed E-state index contributed by atoms with van der Waals surface area (Å²) in [5.41, 5.74) is 0. The quantitative estimate of drug-likeness (QED) is 0.695. The van der Waals surface area contributed by atoms with E-state index in [2.05, 4.69) is 5.32 Å². The second-order valence-corrected chi connectivity index (χ2v) is 3.22. The first-order valence-corrected chi connectivity index (χ1v) is 6.93. The van der Waals surface area contributed by atoms with Crippen LogP contribution in [-0.4, -0.2) is 18.2 Å². The SMILES string of the molecule is CC.CC.CCC(=O)NCCCCCC(C)=O. The Morgan fingerprint density at radius 3 is 1.88 bits per heavy atom. The van der Waals surface area contributed by atoms with Crippen molar-refractivity contribution in [3.8, 4) is 0 Å². The molecule has 0 aromatic heterocycles. The Morgan fingerprint density at radius 2 is 1.47 bits per heavy atom. The van der Waals surface area contributed by atoms with Crippen LogP contribution in [0.3, 0.4) is 0 Å². The molecular weight excluding hydrogens is 214 g/mol. The molecule has 0 fully saturated rings. The smallest absolute Gasteiger partial charge is 0.219 e. The summed E-state index contributed by atoms with van der Waals surface area (Å²) >= 11 is 0. The molecule has 0 aromatic carbocycles. The van der Waals surface area contributed by atoms with Crippen LogP contribution in [0.25, 0.3) is 0 Å². The van der Waals surface area contributed by atoms with Gasteiger partial charge >= 0.3 is 0 Å². The third-order valence-corrected chi connectivity index (χ3v) is 1.85. The van der Waals surface area contributed by atoms with Crippen molar-refractivity contribution in [2.75, 3.05) is 6.54 Å². The Labute approximate surface area is 107 Å². The largest absolute Gasteiger partial charge is 0.356 e. The Morgan fingerprint density at radius 1 is 0.941 bits per heavy atom. The molecule has 0 heterocycles. The average molecular weight is 245 g/mol. The fourth-order valence-corrected chi connectivity index (χ4v) is 1.03. The van der Waals surface area contributed by atoms with E-state index in [1.807, 2.05) is 34.6 Å². The summed E-state index contributed by atoms with van der Waals surface area (Å²) in [4.78, 5) is 21.3. The highest BCUT2D eigenvalue weighted by Gasteiger charge is 1.96. The Hall–Kier alpha value is -0.860. The molecule has 1 N–H and O–H groups in total. The number of unbranched alkanes of at least 4 members (excludes halogenated alkanes) is 2. The van der Waals surface area contributed by atoms with Gasteiger partial charge in [0.1, 0.15) is 5.78 Å². The molecular formula is C14H31NO2. The second kappa shape index (κ2) is 20.5. The number of carbonyl (C=O) groups excluding carboxylic acids is 2. The lowest BCUT2D eigenvalue weighted by molar-refractivity contribution is -0.121. The fraction of sp³-hybridized carbons (Fsp3) is 0.857. The Kier molecular flexibility index (Phi) is 25.9. The maximum atomic E-state index is 10.8. The molecule has 0 rings (SSSR count). The molecule has 0 atom stereocenters. The normalized spacial score (nSPS) is 8.12. The van der Waals surface area contributed by atoms with Crippen LogP contribution < -0.4 is 5.32 Å². The van der Waals surface area contributed by atoms with Gasteiger partial charge in [0, 0.05) is 19.4 Å². The number of nitrogens with one attached hydrogen (secondary N) is 1. The first-order chi connectivity index (χ1) is 8.16. The van der Waals surface area contributed by atoms with Crippen molar-refractivity contribution in [3.63, 3.8) is 0 Å². The molecule has 17 heavy (non-hydrogen) atoms. The topological polar surface area (TPSA) is 46.2 Å². The molecule has 3 heteroatoms. The first kappa shape index (κ1) is 21.4. The van der Waals surface area contributed by atoms with Gasteiger partial charge in [-0.15, -0.1) is 0 Å². The molecule has 0 saturated carbocycles. The minimum Gasteiger partial charge on any atom is -0.356 e. The number of ketones is 1. The highest BCUT2D eigenvalue weighted by Crippen LogP contribution is 1.99. The van der Waals surface area contributed by atoms with Crippen LogP contribution in [0, 0.1) is 0 Å². The summed E-state index contributed by atoms with van der Waals surface area (Å²) in [6, 6.07) is 0. The lowest BCUT2D eigenvalue weighted by atomic mass is 10.1. The lowest BCUT2D eigenvalue weighted by Gasteiger charge is -2.02. The molecule has 0 radical (unpaired) electrons. The number of amides is 1. The number of carbonyl (C=O) groups is 2. The zero-order chi connectivity index (χ0) is 14.1. The zero-order valence-corrected chi connectivity index (χ0v) is 12.6. The van der Waals surface area contributed by atoms with Crippen LogP contribution in [0.1, 0.15) is 73.6 Å². The maximum absolute atomic E-state index is 10.8. The predicted octanol–water partition coefficient (Wildman–Crippen LogP) is 3.71. The standard InChI is InChI=1S/C10H19NO2.2C2H6/c1-3-10(13)11-8-6-4-5-7-9(2)12;2*1-2/h3-8H2,1-2H3,(H,11,13);2*1-2H3. The van der Waals surface area contributed by atoms with Gasteiger partial charge < -0.3 is 10.1 Å². The van der Waals surface area contributed by atoms with Crippen LogP contribution in [0.15, 0.2) is 0 Å². The van der Waals surface area contributed by atoms with Crippen molar-refractivity contribution in [2.45, 2.75) is 73.6 Å². The van der Waals surface area contributed by atoms with Gasteiger partial charge in [-0.25, -0.2) is 0 Å². The van der Waals surface area contributed by atoms with Crippen molar-refractivity contribution in [1.82, 2.24) is 5.32 Å². The van der Waals surface area contributed by atoms with E-state index >= 15 is 0 Å². The zero-order valence-electron chi connectivity index (χ0n) is 12.6. The molecule has 0 aliphatic heterocycles. The van der Waals surface area contributed by atoms with Crippen LogP contribution in [0.4, 0.5) is 0 Å². The number of Topliss-reactive ketones (excluding diaryl/α,β-unsaturated/α-hetero) is 1. The van der Waals surface area contributed by atoms with Gasteiger partial charge in [0.2, 0.25) is 5.91 Å². The first-order valence-electron chi connectivity index (χ1n) is 6.93. The molecule has 0 aliphatic carbocycles. The minimum atomic E-state index is 0.103. The Balaban J connectivity index is -0.000000439. The lowest BCUT2D eigenvalue weighted by Crippen LogP contribution is -2.23. The maximum Gasteiger partial charge on any atom is 0.219 e. The number of hydrogen-bond acceptors (Lipinski definition) is 2. The van der Waals surface area contributed by atoms with Gasteiger partial charge in [-0.05, 0) is 19.8 Å². The second-order valence-electron chi connectivity index (χ2n) is 3.22. The van der Waals surface area contributed by atoms with E-state index in [0.717, 1.165) is 25.8 Å². The Bertz CT molecular complexity index is 168. The van der Waals surface area contributed by atoms with Gasteiger partial charge in [-0.3, -0.25) is 4.79 Å². The van der Waals surface area contributed by atoms with Crippen molar-refractivity contribution < 1.29 is 9.59 Å². The van der Waals surface area contributed by atoms with Gasteiger partial charge in [-0.1, -0.05) is 41.0 Å². The number of rotatable bonds is 7. The van der Waals surface area contributed by atoms with Gasteiger partial charge in [0.15, 0.2) is 0 Å². The molecule has 0 aromatic rings. The molecule has 104 valence electrons. The van der Waals surface area contributed by atoms with E-state index in [4.69, 9.17) is 0 Å². The monoisotopic (exact) mass is 245 g/mol. The summed E-state index contributed by atoms with van der Waals surface area (Å²) in [7, 11) is 0. The van der Waals surface area contributed by atoms with Crippen LogP contribution >= 0.6 is 0 Å². The van der Waals surface area contributed by atoms with Crippen molar-refractivity contribution >= 4 is 11.7 Å². The average Bonchev–Trinajstić information content (AvgIpc) is 2.37. The van der Waals surface area contributed by atoms with Crippen molar-refractivity contribution in [2.24, 2.45) is 0 Å².